The lowest BCUT2D eigenvalue weighted by Gasteiger charge is -2.08. The Balaban J connectivity index is 2.26. The van der Waals surface area contributed by atoms with Crippen molar-refractivity contribution < 1.29 is 18.3 Å². The van der Waals surface area contributed by atoms with Gasteiger partial charge in [-0.1, -0.05) is 11.8 Å². The Bertz CT molecular complexity index is 800. The first kappa shape index (κ1) is 17.3. The van der Waals surface area contributed by atoms with E-state index in [2.05, 4.69) is 14.9 Å². The lowest BCUT2D eigenvalue weighted by atomic mass is 10.2. The number of aliphatic carboxylic acids is 1. The minimum atomic E-state index is -3.33. The summed E-state index contributed by atoms with van der Waals surface area (Å²) in [5, 5.41) is 19.1. The van der Waals surface area contributed by atoms with Crippen LogP contribution in [0.4, 0.5) is 5.69 Å². The van der Waals surface area contributed by atoms with Crippen LogP contribution in [-0.4, -0.2) is 41.2 Å². The molecule has 0 radical (unpaired) electrons. The molecule has 0 aliphatic rings. The van der Waals surface area contributed by atoms with Crippen molar-refractivity contribution in [1.29, 1.82) is 0 Å². The summed E-state index contributed by atoms with van der Waals surface area (Å²) in [7, 11) is -3.33. The molecule has 8 nitrogen and oxygen atoms in total. The number of sulfonamides is 1. The number of anilines is 1. The number of carboxylic acids is 1. The fraction of sp³-hybridized carbons (Fsp3) is 0.308. The van der Waals surface area contributed by atoms with Gasteiger partial charge < -0.3 is 14.5 Å². The standard InChI is InChI=1S/C13H16N4O4S2/c1-3-17-12(14-15-13(17)22-8-11(18)19)9-4-6-10(7-5-9)16-23(2,20)21/h4-7,16H,3,8H2,1-2H3,(H,18,19)/p-1. The van der Waals surface area contributed by atoms with Crippen LogP contribution in [0, 0.1) is 0 Å². The molecule has 2 rings (SSSR count). The van der Waals surface area contributed by atoms with Crippen molar-refractivity contribution in [3.63, 3.8) is 0 Å². The highest BCUT2D eigenvalue weighted by Gasteiger charge is 2.13. The van der Waals surface area contributed by atoms with E-state index < -0.39 is 16.0 Å². The first-order valence-corrected chi connectivity index (χ1v) is 9.52. The maximum absolute atomic E-state index is 11.2. The number of hydrogen-bond donors (Lipinski definition) is 1. The summed E-state index contributed by atoms with van der Waals surface area (Å²) in [6.45, 7) is 2.47. The zero-order valence-corrected chi connectivity index (χ0v) is 14.1. The van der Waals surface area contributed by atoms with Crippen molar-refractivity contribution in [2.45, 2.75) is 18.6 Å². The van der Waals surface area contributed by atoms with E-state index in [1.165, 1.54) is 0 Å². The topological polar surface area (TPSA) is 117 Å². The summed E-state index contributed by atoms with van der Waals surface area (Å²) in [5.41, 5.74) is 1.20. The van der Waals surface area contributed by atoms with Gasteiger partial charge in [-0.2, -0.15) is 0 Å². The van der Waals surface area contributed by atoms with Gasteiger partial charge in [0.05, 0.1) is 12.2 Å². The third kappa shape index (κ3) is 4.70. The SMILES string of the molecule is CCn1c(SCC(=O)[O-])nnc1-c1ccc(NS(C)(=O)=O)cc1. The van der Waals surface area contributed by atoms with E-state index in [-0.39, 0.29) is 5.75 Å². The minimum absolute atomic E-state index is 0.199. The largest absolute Gasteiger partial charge is 0.549 e. The van der Waals surface area contributed by atoms with E-state index in [1.807, 2.05) is 6.92 Å². The predicted octanol–water partition coefficient (Wildman–Crippen LogP) is 0.178. The molecule has 1 heterocycles. The zero-order chi connectivity index (χ0) is 17.0. The quantitative estimate of drug-likeness (QED) is 0.704. The van der Waals surface area contributed by atoms with E-state index in [0.717, 1.165) is 23.6 Å². The molecular formula is C13H15N4O4S2-. The second-order valence-corrected chi connectivity index (χ2v) is 7.35. The molecule has 0 unspecified atom stereocenters. The van der Waals surface area contributed by atoms with Crippen LogP contribution in [0.2, 0.25) is 0 Å². The number of hydrogen-bond acceptors (Lipinski definition) is 7. The smallest absolute Gasteiger partial charge is 0.229 e. The molecule has 0 fully saturated rings. The van der Waals surface area contributed by atoms with E-state index in [0.29, 0.717) is 23.2 Å². The second kappa shape index (κ2) is 7.01. The van der Waals surface area contributed by atoms with Gasteiger partial charge in [-0.3, -0.25) is 4.72 Å². The van der Waals surface area contributed by atoms with Gasteiger partial charge in [-0.05, 0) is 31.2 Å². The molecule has 0 saturated carbocycles. The zero-order valence-electron chi connectivity index (χ0n) is 12.5. The number of nitrogens with zero attached hydrogens (tertiary/aromatic N) is 3. The van der Waals surface area contributed by atoms with Gasteiger partial charge in [0.15, 0.2) is 11.0 Å². The van der Waals surface area contributed by atoms with Gasteiger partial charge in [0.25, 0.3) is 0 Å². The van der Waals surface area contributed by atoms with Gasteiger partial charge in [0, 0.05) is 23.5 Å². The predicted molar refractivity (Wildman–Crippen MR) is 85.3 cm³/mol. The molecule has 0 atom stereocenters. The van der Waals surface area contributed by atoms with Crippen LogP contribution < -0.4 is 9.83 Å². The van der Waals surface area contributed by atoms with Crippen molar-refractivity contribution >= 4 is 33.4 Å². The molecule has 10 heteroatoms. The number of nitrogens with one attached hydrogen (secondary N) is 1. The number of rotatable bonds is 7. The van der Waals surface area contributed by atoms with Crippen LogP contribution in [0.3, 0.4) is 0 Å². The Hall–Kier alpha value is -2.07. The molecule has 0 bridgehead atoms. The summed E-state index contributed by atoms with van der Waals surface area (Å²) >= 11 is 1.04. The molecule has 1 N–H and O–H groups in total. The third-order valence-corrected chi connectivity index (χ3v) is 4.35. The van der Waals surface area contributed by atoms with E-state index in [9.17, 15) is 18.3 Å². The molecule has 124 valence electrons. The summed E-state index contributed by atoms with van der Waals surface area (Å²) in [6.07, 6.45) is 1.08. The van der Waals surface area contributed by atoms with Crippen LogP contribution in [0.15, 0.2) is 29.4 Å². The highest BCUT2D eigenvalue weighted by Crippen LogP contribution is 2.25. The Kier molecular flexibility index (Phi) is 5.26. The summed E-state index contributed by atoms with van der Waals surface area (Å²) in [4.78, 5) is 10.6. The molecule has 0 amide bonds. The second-order valence-electron chi connectivity index (χ2n) is 4.66. The van der Waals surface area contributed by atoms with E-state index >= 15 is 0 Å². The highest BCUT2D eigenvalue weighted by molar-refractivity contribution is 7.99. The number of carboxylic acid groups (broad SMARTS) is 1. The van der Waals surface area contributed by atoms with Crippen LogP contribution in [0.5, 0.6) is 0 Å². The van der Waals surface area contributed by atoms with Gasteiger partial charge in [-0.25, -0.2) is 8.42 Å². The molecule has 2 aromatic rings. The fourth-order valence-electron chi connectivity index (χ4n) is 1.92. The van der Waals surface area contributed by atoms with Gasteiger partial charge in [0.2, 0.25) is 10.0 Å². The maximum Gasteiger partial charge on any atom is 0.229 e. The lowest BCUT2D eigenvalue weighted by molar-refractivity contribution is -0.301. The lowest BCUT2D eigenvalue weighted by Crippen LogP contribution is -2.24. The number of carbonyl (C=O) groups excluding carboxylic acids is 1. The normalized spacial score (nSPS) is 11.4. The Labute approximate surface area is 138 Å². The van der Waals surface area contributed by atoms with Crippen molar-refractivity contribution in [2.75, 3.05) is 16.7 Å². The Morgan fingerprint density at radius 3 is 2.48 bits per heavy atom. The van der Waals surface area contributed by atoms with E-state index in [4.69, 9.17) is 0 Å². The number of carbonyl (C=O) groups is 1. The fourth-order valence-corrected chi connectivity index (χ4v) is 3.20. The van der Waals surface area contributed by atoms with Crippen molar-refractivity contribution in [3.8, 4) is 11.4 Å². The van der Waals surface area contributed by atoms with Crippen LogP contribution in [0.25, 0.3) is 11.4 Å². The molecule has 23 heavy (non-hydrogen) atoms. The van der Waals surface area contributed by atoms with Gasteiger partial charge in [0.1, 0.15) is 0 Å². The Morgan fingerprint density at radius 1 is 1.30 bits per heavy atom. The minimum Gasteiger partial charge on any atom is -0.549 e. The average Bonchev–Trinajstić information content (AvgIpc) is 2.87. The van der Waals surface area contributed by atoms with Crippen LogP contribution in [0.1, 0.15) is 6.92 Å². The number of thioether (sulfide) groups is 1. The average molecular weight is 355 g/mol. The van der Waals surface area contributed by atoms with Gasteiger partial charge in [-0.15, -0.1) is 10.2 Å². The Morgan fingerprint density at radius 2 is 1.96 bits per heavy atom. The van der Waals surface area contributed by atoms with Crippen LogP contribution in [-0.2, 0) is 21.4 Å². The van der Waals surface area contributed by atoms with Crippen molar-refractivity contribution in [2.24, 2.45) is 0 Å². The monoisotopic (exact) mass is 355 g/mol. The summed E-state index contributed by atoms with van der Waals surface area (Å²) in [6, 6.07) is 6.69. The first-order valence-electron chi connectivity index (χ1n) is 6.64. The highest BCUT2D eigenvalue weighted by atomic mass is 32.2. The molecule has 0 saturated heterocycles. The first-order chi connectivity index (χ1) is 10.8. The van der Waals surface area contributed by atoms with Gasteiger partial charge >= 0.3 is 0 Å². The molecule has 1 aromatic carbocycles. The summed E-state index contributed by atoms with van der Waals surface area (Å²) in [5.74, 6) is -0.785. The molecular weight excluding hydrogens is 340 g/mol. The van der Waals surface area contributed by atoms with Crippen LogP contribution >= 0.6 is 11.8 Å². The molecule has 0 spiro atoms. The molecule has 1 aromatic heterocycles. The maximum atomic E-state index is 11.2. The molecule has 0 aliphatic carbocycles. The van der Waals surface area contributed by atoms with Crippen molar-refractivity contribution in [1.82, 2.24) is 14.8 Å². The third-order valence-electron chi connectivity index (χ3n) is 2.80. The van der Waals surface area contributed by atoms with Crippen molar-refractivity contribution in [3.05, 3.63) is 24.3 Å². The number of benzene rings is 1. The van der Waals surface area contributed by atoms with E-state index in [1.54, 1.807) is 28.8 Å². The number of aromatic nitrogens is 3. The summed E-state index contributed by atoms with van der Waals surface area (Å²) < 4.78 is 26.5. The molecule has 0 aliphatic heterocycles.